The highest BCUT2D eigenvalue weighted by molar-refractivity contribution is 8.93. The van der Waals surface area contributed by atoms with Gasteiger partial charge in [0.25, 0.3) is 0 Å². The van der Waals surface area contributed by atoms with Crippen molar-refractivity contribution < 1.29 is 4.74 Å². The number of benzene rings is 3. The van der Waals surface area contributed by atoms with Crippen LogP contribution in [0.4, 0.5) is 0 Å². The minimum absolute atomic E-state index is 0. The fraction of sp³-hybridized carbons (Fsp3) is 0.280. The van der Waals surface area contributed by atoms with Gasteiger partial charge in [-0.15, -0.1) is 17.0 Å². The van der Waals surface area contributed by atoms with Crippen LogP contribution in [0.5, 0.6) is 5.75 Å². The van der Waals surface area contributed by atoms with Crippen LogP contribution in [-0.4, -0.2) is 13.2 Å². The number of ether oxygens (including phenoxy) is 1. The number of aryl methyl sites for hydroxylation is 1. The molecular formula is C25H28BrNO. The average Bonchev–Trinajstić information content (AvgIpc) is 2.74. The summed E-state index contributed by atoms with van der Waals surface area (Å²) in [6.07, 6.45) is 3.39. The van der Waals surface area contributed by atoms with Crippen LogP contribution in [-0.2, 0) is 19.4 Å². The molecule has 0 saturated carbocycles. The number of methoxy groups -OCH3 is 1. The van der Waals surface area contributed by atoms with E-state index in [0.29, 0.717) is 12.0 Å². The van der Waals surface area contributed by atoms with Crippen LogP contribution in [0, 0.1) is 0 Å². The van der Waals surface area contributed by atoms with Gasteiger partial charge < -0.3 is 10.1 Å². The Kier molecular flexibility index (Phi) is 7.30. The number of rotatable bonds is 6. The third kappa shape index (κ3) is 4.65. The third-order valence-corrected chi connectivity index (χ3v) is 5.71. The molecule has 0 saturated heterocycles. The molecule has 0 heterocycles. The van der Waals surface area contributed by atoms with Gasteiger partial charge in [0.05, 0.1) is 7.11 Å². The third-order valence-electron chi connectivity index (χ3n) is 5.71. The van der Waals surface area contributed by atoms with E-state index < -0.39 is 0 Å². The molecule has 2 atom stereocenters. The first-order valence-electron chi connectivity index (χ1n) is 9.82. The summed E-state index contributed by atoms with van der Waals surface area (Å²) in [6.45, 7) is 0.835. The van der Waals surface area contributed by atoms with E-state index in [1.807, 2.05) is 12.1 Å². The monoisotopic (exact) mass is 437 g/mol. The molecule has 3 heteroatoms. The molecule has 0 unspecified atom stereocenters. The van der Waals surface area contributed by atoms with Gasteiger partial charge in [0.2, 0.25) is 0 Å². The van der Waals surface area contributed by atoms with Gasteiger partial charge in [-0.05, 0) is 42.0 Å². The van der Waals surface area contributed by atoms with Crippen LogP contribution >= 0.6 is 17.0 Å². The van der Waals surface area contributed by atoms with Crippen LogP contribution in [0.1, 0.15) is 34.6 Å². The van der Waals surface area contributed by atoms with E-state index in [9.17, 15) is 0 Å². The Morgan fingerprint density at radius 3 is 2.43 bits per heavy atom. The van der Waals surface area contributed by atoms with Crippen molar-refractivity contribution in [3.8, 4) is 5.75 Å². The first-order chi connectivity index (χ1) is 13.3. The van der Waals surface area contributed by atoms with E-state index in [0.717, 1.165) is 25.1 Å². The van der Waals surface area contributed by atoms with Gasteiger partial charge in [0.1, 0.15) is 5.75 Å². The molecule has 1 aliphatic rings. The molecular weight excluding hydrogens is 410 g/mol. The molecule has 146 valence electrons. The molecule has 0 fully saturated rings. The fourth-order valence-electron chi connectivity index (χ4n) is 4.31. The lowest BCUT2D eigenvalue weighted by Crippen LogP contribution is -2.39. The Hall–Kier alpha value is -2.10. The molecule has 2 nitrogen and oxygen atoms in total. The average molecular weight is 438 g/mol. The predicted molar refractivity (Wildman–Crippen MR) is 122 cm³/mol. The quantitative estimate of drug-likeness (QED) is 0.533. The minimum Gasteiger partial charge on any atom is -0.496 e. The van der Waals surface area contributed by atoms with Crippen molar-refractivity contribution in [2.75, 3.05) is 7.11 Å². The number of para-hydroxylation sites is 1. The smallest absolute Gasteiger partial charge is 0.123 e. The van der Waals surface area contributed by atoms with Crippen LogP contribution in [0.3, 0.4) is 0 Å². The topological polar surface area (TPSA) is 21.3 Å². The second kappa shape index (κ2) is 9.90. The van der Waals surface area contributed by atoms with Gasteiger partial charge in [0, 0.05) is 24.1 Å². The summed E-state index contributed by atoms with van der Waals surface area (Å²) in [5, 5.41) is 3.84. The lowest BCUT2D eigenvalue weighted by atomic mass is 9.76. The molecule has 3 aromatic rings. The van der Waals surface area contributed by atoms with Crippen LogP contribution in [0.15, 0.2) is 78.9 Å². The first-order valence-corrected chi connectivity index (χ1v) is 9.82. The van der Waals surface area contributed by atoms with Crippen LogP contribution in [0.2, 0.25) is 0 Å². The van der Waals surface area contributed by atoms with E-state index in [-0.39, 0.29) is 17.0 Å². The second-order valence-corrected chi connectivity index (χ2v) is 7.33. The Bertz CT molecular complexity index is 880. The Morgan fingerprint density at radius 2 is 1.61 bits per heavy atom. The SMILES string of the molecule is Br.COc1ccccc1CN[C@@H]1CCc2ccccc2[C@@H]1Cc1ccccc1. The predicted octanol–water partition coefficient (Wildman–Crippen LogP) is 5.70. The zero-order valence-electron chi connectivity index (χ0n) is 16.3. The Balaban J connectivity index is 0.00000225. The highest BCUT2D eigenvalue weighted by atomic mass is 79.9. The fourth-order valence-corrected chi connectivity index (χ4v) is 4.31. The van der Waals surface area contributed by atoms with Crippen molar-refractivity contribution in [2.24, 2.45) is 0 Å². The molecule has 0 radical (unpaired) electrons. The van der Waals surface area contributed by atoms with E-state index in [4.69, 9.17) is 4.74 Å². The molecule has 1 N–H and O–H groups in total. The standard InChI is InChI=1S/C25H27NO.BrH/c1-27-25-14-8-6-12-21(25)18-26-24-16-15-20-11-5-7-13-22(20)23(24)17-19-9-3-2-4-10-19;/h2-14,23-24,26H,15-18H2,1H3;1H/t23-,24+;/m0./s1. The molecule has 1 aliphatic carbocycles. The molecule has 0 amide bonds. The number of nitrogens with one attached hydrogen (secondary N) is 1. The molecule has 28 heavy (non-hydrogen) atoms. The molecule has 3 aromatic carbocycles. The number of hydrogen-bond acceptors (Lipinski definition) is 2. The van der Waals surface area contributed by atoms with Gasteiger partial charge in [-0.2, -0.15) is 0 Å². The molecule has 4 rings (SSSR count). The van der Waals surface area contributed by atoms with Crippen LogP contribution in [0.25, 0.3) is 0 Å². The molecule has 0 bridgehead atoms. The summed E-state index contributed by atoms with van der Waals surface area (Å²) in [5.41, 5.74) is 5.64. The van der Waals surface area contributed by atoms with Crippen LogP contribution < -0.4 is 10.1 Å². The Morgan fingerprint density at radius 1 is 0.893 bits per heavy atom. The van der Waals surface area contributed by atoms with Gasteiger partial charge in [-0.3, -0.25) is 0 Å². The maximum atomic E-state index is 5.52. The Labute approximate surface area is 178 Å². The van der Waals surface area contributed by atoms with Crippen molar-refractivity contribution in [2.45, 2.75) is 37.8 Å². The molecule has 0 spiro atoms. The van der Waals surface area contributed by atoms with E-state index in [2.05, 4.69) is 72.0 Å². The zero-order chi connectivity index (χ0) is 18.5. The summed E-state index contributed by atoms with van der Waals surface area (Å²) in [5.74, 6) is 1.45. The van der Waals surface area contributed by atoms with Crippen molar-refractivity contribution in [1.29, 1.82) is 0 Å². The van der Waals surface area contributed by atoms with Gasteiger partial charge >= 0.3 is 0 Å². The largest absolute Gasteiger partial charge is 0.496 e. The minimum atomic E-state index is 0. The zero-order valence-corrected chi connectivity index (χ0v) is 18.0. The first kappa shape index (κ1) is 20.6. The number of hydrogen-bond donors (Lipinski definition) is 1. The number of fused-ring (bicyclic) bond motifs is 1. The molecule has 0 aliphatic heterocycles. The highest BCUT2D eigenvalue weighted by Gasteiger charge is 2.29. The van der Waals surface area contributed by atoms with Crippen molar-refractivity contribution in [3.05, 3.63) is 101 Å². The maximum absolute atomic E-state index is 5.52. The van der Waals surface area contributed by atoms with Crippen molar-refractivity contribution in [3.63, 3.8) is 0 Å². The van der Waals surface area contributed by atoms with Gasteiger partial charge in [-0.1, -0.05) is 72.8 Å². The van der Waals surface area contributed by atoms with E-state index >= 15 is 0 Å². The van der Waals surface area contributed by atoms with Crippen molar-refractivity contribution in [1.82, 2.24) is 5.32 Å². The number of halogens is 1. The van der Waals surface area contributed by atoms with Crippen molar-refractivity contribution >= 4 is 17.0 Å². The van der Waals surface area contributed by atoms with E-state index in [1.54, 1.807) is 7.11 Å². The van der Waals surface area contributed by atoms with Gasteiger partial charge in [0.15, 0.2) is 0 Å². The van der Waals surface area contributed by atoms with E-state index in [1.165, 1.54) is 28.7 Å². The summed E-state index contributed by atoms with van der Waals surface area (Å²) in [4.78, 5) is 0. The molecule has 0 aromatic heterocycles. The summed E-state index contributed by atoms with van der Waals surface area (Å²) in [7, 11) is 1.74. The summed E-state index contributed by atoms with van der Waals surface area (Å²) < 4.78 is 5.52. The normalized spacial score (nSPS) is 18.0. The van der Waals surface area contributed by atoms with Gasteiger partial charge in [-0.25, -0.2) is 0 Å². The maximum Gasteiger partial charge on any atom is 0.123 e. The highest BCUT2D eigenvalue weighted by Crippen LogP contribution is 2.35. The second-order valence-electron chi connectivity index (χ2n) is 7.33. The summed E-state index contributed by atoms with van der Waals surface area (Å²) >= 11 is 0. The lowest BCUT2D eigenvalue weighted by molar-refractivity contribution is 0.373. The summed E-state index contributed by atoms with van der Waals surface area (Å²) in [6, 6.07) is 28.6. The lowest BCUT2D eigenvalue weighted by Gasteiger charge is -2.35.